The van der Waals surface area contributed by atoms with E-state index < -0.39 is 16.1 Å². The molecule has 0 aliphatic heterocycles. The van der Waals surface area contributed by atoms with Gasteiger partial charge in [-0.2, -0.15) is 0 Å². The number of esters is 1. The van der Waals surface area contributed by atoms with Crippen LogP contribution in [0.15, 0.2) is 53.4 Å². The predicted molar refractivity (Wildman–Crippen MR) is 128 cm³/mol. The molecule has 0 spiro atoms. The van der Waals surface area contributed by atoms with Crippen LogP contribution in [0.25, 0.3) is 11.0 Å². The Balaban J connectivity index is 1.73. The SMILES string of the molecule is CCOC(=O)CC(NC(=O)CCc1nc2cc(S(=O)(=O)N(C)C)ccc2n1C)c1ccccc1. The number of fused-ring (bicyclic) bond motifs is 1. The number of aryl methyl sites for hydroxylation is 2. The number of benzene rings is 2. The molecule has 0 aliphatic carbocycles. The molecule has 1 aromatic heterocycles. The fraction of sp³-hybridized carbons (Fsp3) is 0.375. The highest BCUT2D eigenvalue weighted by Gasteiger charge is 2.21. The second-order valence-corrected chi connectivity index (χ2v) is 10.2. The van der Waals surface area contributed by atoms with Gasteiger partial charge in [-0.25, -0.2) is 17.7 Å². The molecule has 1 amide bonds. The van der Waals surface area contributed by atoms with E-state index in [-0.39, 0.29) is 36.2 Å². The van der Waals surface area contributed by atoms with Crippen molar-refractivity contribution in [1.29, 1.82) is 0 Å². The Kier molecular flexibility index (Phi) is 8.06. The standard InChI is InChI=1S/C24H30N4O5S/c1-5-33-24(30)16-19(17-9-7-6-8-10-17)26-23(29)14-13-22-25-20-15-18(34(31,32)27(2)3)11-12-21(20)28(22)4/h6-12,15,19H,5,13-14,16H2,1-4H3,(H,26,29). The highest BCUT2D eigenvalue weighted by molar-refractivity contribution is 7.89. The van der Waals surface area contributed by atoms with Crippen molar-refractivity contribution < 1.29 is 22.7 Å². The molecule has 2 aromatic carbocycles. The summed E-state index contributed by atoms with van der Waals surface area (Å²) in [6.07, 6.45) is 0.554. The van der Waals surface area contributed by atoms with Gasteiger partial charge in [0.05, 0.1) is 35.0 Å². The lowest BCUT2D eigenvalue weighted by Crippen LogP contribution is -2.31. The largest absolute Gasteiger partial charge is 0.466 e. The van der Waals surface area contributed by atoms with Crippen LogP contribution >= 0.6 is 0 Å². The molecule has 1 heterocycles. The van der Waals surface area contributed by atoms with E-state index in [1.165, 1.54) is 14.1 Å². The van der Waals surface area contributed by atoms with Crippen LogP contribution in [-0.4, -0.2) is 54.9 Å². The van der Waals surface area contributed by atoms with E-state index in [9.17, 15) is 18.0 Å². The minimum atomic E-state index is -3.57. The van der Waals surface area contributed by atoms with E-state index >= 15 is 0 Å². The molecule has 9 nitrogen and oxygen atoms in total. The summed E-state index contributed by atoms with van der Waals surface area (Å²) < 4.78 is 32.9. The van der Waals surface area contributed by atoms with Crippen LogP contribution in [0.5, 0.6) is 0 Å². The van der Waals surface area contributed by atoms with Crippen molar-refractivity contribution in [3.63, 3.8) is 0 Å². The van der Waals surface area contributed by atoms with Crippen LogP contribution in [0, 0.1) is 0 Å². The quantitative estimate of drug-likeness (QED) is 0.441. The second kappa shape index (κ2) is 10.8. The third kappa shape index (κ3) is 5.81. The average molecular weight is 487 g/mol. The molecule has 0 radical (unpaired) electrons. The Hall–Kier alpha value is -3.24. The maximum absolute atomic E-state index is 12.7. The van der Waals surface area contributed by atoms with E-state index in [2.05, 4.69) is 10.3 Å². The van der Waals surface area contributed by atoms with E-state index in [1.54, 1.807) is 25.1 Å². The van der Waals surface area contributed by atoms with Crippen LogP contribution in [0.3, 0.4) is 0 Å². The first-order valence-electron chi connectivity index (χ1n) is 11.0. The van der Waals surface area contributed by atoms with Crippen LogP contribution in [0.2, 0.25) is 0 Å². The number of amides is 1. The molecule has 0 fully saturated rings. The van der Waals surface area contributed by atoms with Gasteiger partial charge >= 0.3 is 5.97 Å². The van der Waals surface area contributed by atoms with E-state index in [4.69, 9.17) is 4.74 Å². The second-order valence-electron chi connectivity index (χ2n) is 8.06. The summed E-state index contributed by atoms with van der Waals surface area (Å²) in [7, 11) is 1.22. The summed E-state index contributed by atoms with van der Waals surface area (Å²) in [4.78, 5) is 29.5. The number of ether oxygens (including phenoxy) is 1. The van der Waals surface area contributed by atoms with E-state index in [1.807, 2.05) is 41.9 Å². The fourth-order valence-corrected chi connectivity index (χ4v) is 4.56. The number of sulfonamides is 1. The maximum atomic E-state index is 12.7. The molecular weight excluding hydrogens is 456 g/mol. The van der Waals surface area contributed by atoms with Gasteiger partial charge in [0.25, 0.3) is 0 Å². The maximum Gasteiger partial charge on any atom is 0.308 e. The normalized spacial score (nSPS) is 12.6. The molecule has 0 saturated carbocycles. The molecule has 34 heavy (non-hydrogen) atoms. The van der Waals surface area contributed by atoms with Gasteiger partial charge in [0, 0.05) is 34.0 Å². The van der Waals surface area contributed by atoms with Gasteiger partial charge in [-0.15, -0.1) is 0 Å². The molecule has 1 atom stereocenters. The monoisotopic (exact) mass is 486 g/mol. The van der Waals surface area contributed by atoms with Gasteiger partial charge < -0.3 is 14.6 Å². The zero-order valence-electron chi connectivity index (χ0n) is 19.8. The topological polar surface area (TPSA) is 111 Å². The summed E-state index contributed by atoms with van der Waals surface area (Å²) in [5.41, 5.74) is 2.14. The number of hydrogen-bond donors (Lipinski definition) is 1. The highest BCUT2D eigenvalue weighted by atomic mass is 32.2. The van der Waals surface area contributed by atoms with Gasteiger partial charge in [-0.05, 0) is 30.7 Å². The van der Waals surface area contributed by atoms with Crippen LogP contribution in [0.4, 0.5) is 0 Å². The lowest BCUT2D eigenvalue weighted by atomic mass is 10.0. The van der Waals surface area contributed by atoms with Gasteiger partial charge in [0.2, 0.25) is 15.9 Å². The average Bonchev–Trinajstić information content (AvgIpc) is 3.12. The molecule has 3 rings (SSSR count). The lowest BCUT2D eigenvalue weighted by molar-refractivity contribution is -0.143. The summed E-state index contributed by atoms with van der Waals surface area (Å²) in [6.45, 7) is 2.02. The smallest absolute Gasteiger partial charge is 0.308 e. The van der Waals surface area contributed by atoms with Crippen molar-refractivity contribution in [3.8, 4) is 0 Å². The summed E-state index contributed by atoms with van der Waals surface area (Å²) in [5.74, 6) is 0.0581. The summed E-state index contributed by atoms with van der Waals surface area (Å²) >= 11 is 0. The third-order valence-corrected chi connectivity index (χ3v) is 7.32. The molecule has 0 bridgehead atoms. The molecule has 0 saturated heterocycles. The zero-order chi connectivity index (χ0) is 24.9. The number of carbonyl (C=O) groups is 2. The minimum Gasteiger partial charge on any atom is -0.466 e. The van der Waals surface area contributed by atoms with Gasteiger partial charge in [-0.1, -0.05) is 30.3 Å². The molecular formula is C24H30N4O5S. The Morgan fingerprint density at radius 3 is 2.50 bits per heavy atom. The summed E-state index contributed by atoms with van der Waals surface area (Å²) in [6, 6.07) is 13.6. The Labute approximate surface area is 199 Å². The molecule has 1 unspecified atom stereocenters. The first-order chi connectivity index (χ1) is 16.1. The Morgan fingerprint density at radius 1 is 1.15 bits per heavy atom. The van der Waals surface area contributed by atoms with Crippen LogP contribution in [-0.2, 0) is 37.8 Å². The van der Waals surface area contributed by atoms with Crippen LogP contribution < -0.4 is 5.32 Å². The number of nitrogens with zero attached hydrogens (tertiary/aromatic N) is 3. The number of aromatic nitrogens is 2. The Morgan fingerprint density at radius 2 is 1.85 bits per heavy atom. The van der Waals surface area contributed by atoms with Crippen molar-refractivity contribution in [2.75, 3.05) is 20.7 Å². The lowest BCUT2D eigenvalue weighted by Gasteiger charge is -2.18. The fourth-order valence-electron chi connectivity index (χ4n) is 3.64. The minimum absolute atomic E-state index is 0.0407. The molecule has 10 heteroatoms. The Bertz CT molecular complexity index is 1270. The third-order valence-electron chi connectivity index (χ3n) is 5.51. The van der Waals surface area contributed by atoms with E-state index in [0.717, 1.165) is 15.4 Å². The summed E-state index contributed by atoms with van der Waals surface area (Å²) in [5, 5.41) is 2.93. The first-order valence-corrected chi connectivity index (χ1v) is 12.4. The van der Waals surface area contributed by atoms with Crippen molar-refractivity contribution in [1.82, 2.24) is 19.2 Å². The van der Waals surface area contributed by atoms with Crippen molar-refractivity contribution in [3.05, 3.63) is 59.9 Å². The molecule has 3 aromatic rings. The number of rotatable bonds is 10. The van der Waals surface area contributed by atoms with Crippen molar-refractivity contribution in [2.45, 2.75) is 37.1 Å². The molecule has 182 valence electrons. The van der Waals surface area contributed by atoms with Gasteiger partial charge in [-0.3, -0.25) is 9.59 Å². The molecule has 1 N–H and O–H groups in total. The van der Waals surface area contributed by atoms with E-state index in [0.29, 0.717) is 17.8 Å². The predicted octanol–water partition coefficient (Wildman–Crippen LogP) is 2.57. The van der Waals surface area contributed by atoms with Gasteiger partial charge in [0.1, 0.15) is 5.82 Å². The van der Waals surface area contributed by atoms with Crippen molar-refractivity contribution in [2.24, 2.45) is 7.05 Å². The molecule has 0 aliphatic rings. The number of carbonyl (C=O) groups excluding carboxylic acids is 2. The number of imidazole rings is 1. The number of nitrogens with one attached hydrogen (secondary N) is 1. The van der Waals surface area contributed by atoms with Gasteiger partial charge in [0.15, 0.2) is 0 Å². The van der Waals surface area contributed by atoms with Crippen LogP contribution in [0.1, 0.15) is 37.2 Å². The first kappa shape index (κ1) is 25.4. The zero-order valence-corrected chi connectivity index (χ0v) is 20.6. The van der Waals surface area contributed by atoms with Crippen molar-refractivity contribution >= 4 is 32.9 Å². The highest BCUT2D eigenvalue weighted by Crippen LogP contribution is 2.22. The number of hydrogen-bond acceptors (Lipinski definition) is 6.